The van der Waals surface area contributed by atoms with Gasteiger partial charge in [0.05, 0.1) is 16.9 Å². The Morgan fingerprint density at radius 2 is 2.06 bits per heavy atom. The van der Waals surface area contributed by atoms with E-state index in [4.69, 9.17) is 5.11 Å². The van der Waals surface area contributed by atoms with E-state index < -0.39 is 5.97 Å². The van der Waals surface area contributed by atoms with Crippen LogP contribution in [0.4, 0.5) is 0 Å². The summed E-state index contributed by atoms with van der Waals surface area (Å²) in [5.41, 5.74) is 3.13. The standard InChI is InChI=1S/C14H16N2O2/c1-9(2)12-6-7-16(15-12)13-5-4-11(14(17)18)8-10(13)3/h4-9H,1-3H3,(H,17,18). The van der Waals surface area contributed by atoms with Crippen molar-refractivity contribution in [2.75, 3.05) is 0 Å². The first-order valence-corrected chi connectivity index (χ1v) is 5.89. The second kappa shape index (κ2) is 4.64. The van der Waals surface area contributed by atoms with E-state index in [1.54, 1.807) is 22.9 Å². The Balaban J connectivity index is 2.41. The summed E-state index contributed by atoms with van der Waals surface area (Å²) in [5.74, 6) is -0.530. The zero-order valence-corrected chi connectivity index (χ0v) is 10.7. The average molecular weight is 244 g/mol. The Labute approximate surface area is 106 Å². The quantitative estimate of drug-likeness (QED) is 0.903. The molecule has 0 spiro atoms. The molecular weight excluding hydrogens is 228 g/mol. The number of hydrogen-bond acceptors (Lipinski definition) is 2. The highest BCUT2D eigenvalue weighted by Gasteiger charge is 2.09. The third-order valence-electron chi connectivity index (χ3n) is 2.89. The molecule has 1 aromatic carbocycles. The highest BCUT2D eigenvalue weighted by molar-refractivity contribution is 5.88. The summed E-state index contributed by atoms with van der Waals surface area (Å²) in [6.45, 7) is 6.07. The summed E-state index contributed by atoms with van der Waals surface area (Å²) in [5, 5.41) is 13.4. The SMILES string of the molecule is Cc1cc(C(=O)O)ccc1-n1ccc(C(C)C)n1. The normalized spacial score (nSPS) is 10.9. The Bertz CT molecular complexity index is 585. The highest BCUT2D eigenvalue weighted by atomic mass is 16.4. The van der Waals surface area contributed by atoms with E-state index >= 15 is 0 Å². The van der Waals surface area contributed by atoms with Gasteiger partial charge in [0.2, 0.25) is 0 Å². The number of nitrogens with zero attached hydrogens (tertiary/aromatic N) is 2. The van der Waals surface area contributed by atoms with E-state index in [9.17, 15) is 4.79 Å². The zero-order chi connectivity index (χ0) is 13.3. The van der Waals surface area contributed by atoms with Crippen molar-refractivity contribution < 1.29 is 9.90 Å². The van der Waals surface area contributed by atoms with Gasteiger partial charge in [0.1, 0.15) is 0 Å². The molecule has 0 atom stereocenters. The van der Waals surface area contributed by atoms with Crippen LogP contribution in [0.2, 0.25) is 0 Å². The van der Waals surface area contributed by atoms with Crippen LogP contribution in [0.3, 0.4) is 0 Å². The van der Waals surface area contributed by atoms with Crippen molar-refractivity contribution in [3.63, 3.8) is 0 Å². The number of benzene rings is 1. The second-order valence-corrected chi connectivity index (χ2v) is 4.65. The lowest BCUT2D eigenvalue weighted by atomic mass is 10.1. The minimum atomic E-state index is -0.909. The molecule has 0 saturated heterocycles. The lowest BCUT2D eigenvalue weighted by Crippen LogP contribution is -2.02. The molecule has 0 aliphatic heterocycles. The van der Waals surface area contributed by atoms with Crippen LogP contribution >= 0.6 is 0 Å². The number of carboxylic acids is 1. The number of carbonyl (C=O) groups is 1. The van der Waals surface area contributed by atoms with Gasteiger partial charge >= 0.3 is 5.97 Å². The highest BCUT2D eigenvalue weighted by Crippen LogP contribution is 2.18. The van der Waals surface area contributed by atoms with E-state index in [-0.39, 0.29) is 0 Å². The molecule has 0 aliphatic carbocycles. The Kier molecular flexibility index (Phi) is 3.19. The third-order valence-corrected chi connectivity index (χ3v) is 2.89. The van der Waals surface area contributed by atoms with E-state index in [2.05, 4.69) is 18.9 Å². The molecule has 2 aromatic rings. The third kappa shape index (κ3) is 2.27. The molecule has 94 valence electrons. The molecule has 0 amide bonds. The summed E-state index contributed by atoms with van der Waals surface area (Å²) in [6, 6.07) is 7.03. The van der Waals surface area contributed by atoms with Crippen molar-refractivity contribution in [1.29, 1.82) is 0 Å². The van der Waals surface area contributed by atoms with Crippen LogP contribution in [-0.2, 0) is 0 Å². The van der Waals surface area contributed by atoms with Crippen LogP contribution in [0.15, 0.2) is 30.5 Å². The van der Waals surface area contributed by atoms with Crippen molar-refractivity contribution in [2.45, 2.75) is 26.7 Å². The smallest absolute Gasteiger partial charge is 0.335 e. The molecule has 4 nitrogen and oxygen atoms in total. The molecule has 0 radical (unpaired) electrons. The number of carboxylic acid groups (broad SMARTS) is 1. The number of rotatable bonds is 3. The van der Waals surface area contributed by atoms with Crippen LogP contribution < -0.4 is 0 Å². The molecular formula is C14H16N2O2. The summed E-state index contributed by atoms with van der Waals surface area (Å²) in [7, 11) is 0. The lowest BCUT2D eigenvalue weighted by Gasteiger charge is -2.07. The predicted octanol–water partition coefficient (Wildman–Crippen LogP) is 3.00. The summed E-state index contributed by atoms with van der Waals surface area (Å²) in [4.78, 5) is 10.9. The van der Waals surface area contributed by atoms with Crippen LogP contribution in [-0.4, -0.2) is 20.9 Å². The first-order chi connectivity index (χ1) is 8.49. The van der Waals surface area contributed by atoms with Crippen molar-refractivity contribution in [2.24, 2.45) is 0 Å². The van der Waals surface area contributed by atoms with E-state index in [0.29, 0.717) is 11.5 Å². The Morgan fingerprint density at radius 1 is 1.33 bits per heavy atom. The fourth-order valence-corrected chi connectivity index (χ4v) is 1.83. The van der Waals surface area contributed by atoms with E-state index in [1.807, 2.05) is 19.2 Å². The molecule has 4 heteroatoms. The molecule has 0 saturated carbocycles. The molecule has 1 aromatic heterocycles. The molecule has 2 rings (SSSR count). The maximum atomic E-state index is 10.9. The van der Waals surface area contributed by atoms with E-state index in [0.717, 1.165) is 16.9 Å². The average Bonchev–Trinajstić information content (AvgIpc) is 2.78. The molecule has 0 bridgehead atoms. The van der Waals surface area contributed by atoms with Crippen LogP contribution in [0.25, 0.3) is 5.69 Å². The Morgan fingerprint density at radius 3 is 2.56 bits per heavy atom. The lowest BCUT2D eigenvalue weighted by molar-refractivity contribution is 0.0697. The van der Waals surface area contributed by atoms with Gasteiger partial charge < -0.3 is 5.11 Å². The second-order valence-electron chi connectivity index (χ2n) is 4.65. The van der Waals surface area contributed by atoms with E-state index in [1.165, 1.54) is 0 Å². The monoisotopic (exact) mass is 244 g/mol. The van der Waals surface area contributed by atoms with Gasteiger partial charge in [0.25, 0.3) is 0 Å². The van der Waals surface area contributed by atoms with Crippen molar-refractivity contribution in [1.82, 2.24) is 9.78 Å². The van der Waals surface area contributed by atoms with Crippen LogP contribution in [0.5, 0.6) is 0 Å². The summed E-state index contributed by atoms with van der Waals surface area (Å²) >= 11 is 0. The van der Waals surface area contributed by atoms with Crippen LogP contribution in [0.1, 0.15) is 41.4 Å². The molecule has 1 heterocycles. The Hall–Kier alpha value is -2.10. The van der Waals surface area contributed by atoms with Gasteiger partial charge in [-0.15, -0.1) is 0 Å². The van der Waals surface area contributed by atoms with Gasteiger partial charge in [0.15, 0.2) is 0 Å². The molecule has 1 N–H and O–H groups in total. The maximum Gasteiger partial charge on any atom is 0.335 e. The molecule has 0 unspecified atom stereocenters. The predicted molar refractivity (Wildman–Crippen MR) is 69.3 cm³/mol. The van der Waals surface area contributed by atoms with Crippen molar-refractivity contribution in [3.8, 4) is 5.69 Å². The summed E-state index contributed by atoms with van der Waals surface area (Å²) < 4.78 is 1.79. The maximum absolute atomic E-state index is 10.9. The largest absolute Gasteiger partial charge is 0.478 e. The molecule has 0 fully saturated rings. The first-order valence-electron chi connectivity index (χ1n) is 5.89. The number of hydrogen-bond donors (Lipinski definition) is 1. The molecule has 18 heavy (non-hydrogen) atoms. The number of aromatic nitrogens is 2. The van der Waals surface area contributed by atoms with Gasteiger partial charge in [0, 0.05) is 6.20 Å². The summed E-state index contributed by atoms with van der Waals surface area (Å²) in [6.07, 6.45) is 1.90. The fraction of sp³-hybridized carbons (Fsp3) is 0.286. The van der Waals surface area contributed by atoms with Crippen molar-refractivity contribution >= 4 is 5.97 Å². The van der Waals surface area contributed by atoms with Gasteiger partial charge in [-0.1, -0.05) is 13.8 Å². The minimum Gasteiger partial charge on any atom is -0.478 e. The fourth-order valence-electron chi connectivity index (χ4n) is 1.83. The van der Waals surface area contributed by atoms with Crippen LogP contribution in [0, 0.1) is 6.92 Å². The number of aryl methyl sites for hydroxylation is 1. The van der Waals surface area contributed by atoms with Gasteiger partial charge in [-0.25, -0.2) is 9.48 Å². The van der Waals surface area contributed by atoms with Gasteiger partial charge in [-0.2, -0.15) is 5.10 Å². The van der Waals surface area contributed by atoms with Crippen molar-refractivity contribution in [3.05, 3.63) is 47.3 Å². The zero-order valence-electron chi connectivity index (χ0n) is 10.7. The van der Waals surface area contributed by atoms with Gasteiger partial charge in [-0.3, -0.25) is 0 Å². The topological polar surface area (TPSA) is 55.1 Å². The molecule has 0 aliphatic rings. The van der Waals surface area contributed by atoms with Gasteiger partial charge in [-0.05, 0) is 42.7 Å². The number of aromatic carboxylic acids is 1. The minimum absolute atomic E-state index is 0.299. The first kappa shape index (κ1) is 12.4.